The lowest BCUT2D eigenvalue weighted by atomic mass is 10.1. The lowest BCUT2D eigenvalue weighted by Gasteiger charge is -2.17. The predicted octanol–water partition coefficient (Wildman–Crippen LogP) is 0.694. The van der Waals surface area contributed by atoms with E-state index in [1.165, 1.54) is 5.56 Å². The van der Waals surface area contributed by atoms with Gasteiger partial charge in [0.05, 0.1) is 12.3 Å². The molecule has 0 saturated heterocycles. The van der Waals surface area contributed by atoms with E-state index in [0.29, 0.717) is 19.2 Å². The van der Waals surface area contributed by atoms with Gasteiger partial charge in [-0.25, -0.2) is 0 Å². The summed E-state index contributed by atoms with van der Waals surface area (Å²) < 4.78 is 25.9. The molecule has 0 unspecified atom stereocenters. The van der Waals surface area contributed by atoms with Gasteiger partial charge in [0.15, 0.2) is 0 Å². The van der Waals surface area contributed by atoms with Gasteiger partial charge < -0.3 is 16.8 Å². The zero-order valence-corrected chi connectivity index (χ0v) is 15.1. The van der Waals surface area contributed by atoms with Crippen molar-refractivity contribution < 1.29 is 17.8 Å². The highest BCUT2D eigenvalue weighted by atomic mass is 32.2. The van der Waals surface area contributed by atoms with Crippen molar-refractivity contribution in [1.29, 1.82) is 0 Å². The second kappa shape index (κ2) is 12.0. The number of hydrogen-bond donors (Lipinski definition) is 4. The standard InChI is InChI=1S/C15H25N3O.CH4O3S/c1-12(11-13-7-3-2-4-8-13)18-15(19)14(17)9-5-6-10-16;1-5(2,3)4/h2-4,7-8,12,14H,5-6,9-11,16-17H2,1H3,(H,18,19);1H3,(H,2,3,4)/t12-,14-;/m0./s1. The van der Waals surface area contributed by atoms with Crippen LogP contribution in [0.5, 0.6) is 0 Å². The number of benzene rings is 1. The molecule has 0 bridgehead atoms. The predicted molar refractivity (Wildman–Crippen MR) is 96.1 cm³/mol. The van der Waals surface area contributed by atoms with Crippen molar-refractivity contribution in [2.75, 3.05) is 12.8 Å². The first kappa shape index (κ1) is 22.5. The van der Waals surface area contributed by atoms with Gasteiger partial charge in [0, 0.05) is 6.04 Å². The van der Waals surface area contributed by atoms with Gasteiger partial charge in [0.25, 0.3) is 10.1 Å². The Morgan fingerprint density at radius 1 is 1.25 bits per heavy atom. The molecule has 1 aromatic carbocycles. The molecule has 0 fully saturated rings. The Hall–Kier alpha value is -1.48. The average molecular weight is 359 g/mol. The van der Waals surface area contributed by atoms with Crippen molar-refractivity contribution in [1.82, 2.24) is 5.32 Å². The number of nitrogens with two attached hydrogens (primary N) is 2. The largest absolute Gasteiger partial charge is 0.352 e. The minimum absolute atomic E-state index is 0.0690. The fraction of sp³-hybridized carbons (Fsp3) is 0.562. The summed E-state index contributed by atoms with van der Waals surface area (Å²) in [5.41, 5.74) is 12.5. The molecule has 0 aliphatic carbocycles. The summed E-state index contributed by atoms with van der Waals surface area (Å²) in [6.45, 7) is 2.65. The molecule has 138 valence electrons. The van der Waals surface area contributed by atoms with Crippen LogP contribution < -0.4 is 16.8 Å². The van der Waals surface area contributed by atoms with Crippen LogP contribution in [-0.2, 0) is 21.3 Å². The molecule has 24 heavy (non-hydrogen) atoms. The minimum atomic E-state index is -3.67. The summed E-state index contributed by atoms with van der Waals surface area (Å²) in [7, 11) is -3.67. The van der Waals surface area contributed by atoms with E-state index in [-0.39, 0.29) is 11.9 Å². The summed E-state index contributed by atoms with van der Waals surface area (Å²) >= 11 is 0. The van der Waals surface area contributed by atoms with Crippen LogP contribution in [0.1, 0.15) is 31.7 Å². The second-order valence-electron chi connectivity index (χ2n) is 5.72. The van der Waals surface area contributed by atoms with E-state index < -0.39 is 16.2 Å². The van der Waals surface area contributed by atoms with Gasteiger partial charge in [0.2, 0.25) is 5.91 Å². The molecule has 2 atom stereocenters. The summed E-state index contributed by atoms with van der Waals surface area (Å²) in [4.78, 5) is 11.9. The first-order valence-corrected chi connectivity index (χ1v) is 9.70. The van der Waals surface area contributed by atoms with Crippen molar-refractivity contribution in [2.45, 2.75) is 44.7 Å². The molecule has 6 N–H and O–H groups in total. The van der Waals surface area contributed by atoms with Crippen LogP contribution in [-0.4, -0.2) is 43.8 Å². The van der Waals surface area contributed by atoms with Crippen LogP contribution in [0.15, 0.2) is 30.3 Å². The van der Waals surface area contributed by atoms with Crippen LogP contribution in [0.25, 0.3) is 0 Å². The van der Waals surface area contributed by atoms with Gasteiger partial charge in [-0.3, -0.25) is 9.35 Å². The van der Waals surface area contributed by atoms with E-state index in [9.17, 15) is 13.2 Å². The smallest absolute Gasteiger partial charge is 0.261 e. The van der Waals surface area contributed by atoms with Crippen molar-refractivity contribution in [3.8, 4) is 0 Å². The quantitative estimate of drug-likeness (QED) is 0.398. The summed E-state index contributed by atoms with van der Waals surface area (Å²) in [6, 6.07) is 9.78. The Morgan fingerprint density at radius 3 is 2.29 bits per heavy atom. The number of nitrogens with one attached hydrogen (secondary N) is 1. The SMILES string of the molecule is CS(=O)(=O)O.C[C@@H](Cc1ccccc1)NC(=O)[C@@H](N)CCCCN. The van der Waals surface area contributed by atoms with E-state index in [4.69, 9.17) is 16.0 Å². The molecule has 0 heterocycles. The molecule has 8 heteroatoms. The first-order chi connectivity index (χ1) is 11.1. The van der Waals surface area contributed by atoms with Crippen LogP contribution in [0.2, 0.25) is 0 Å². The highest BCUT2D eigenvalue weighted by Gasteiger charge is 2.15. The molecular formula is C16H29N3O4S. The Labute approximate surface area is 144 Å². The Kier molecular flexibility index (Phi) is 11.2. The van der Waals surface area contributed by atoms with Gasteiger partial charge in [-0.15, -0.1) is 0 Å². The van der Waals surface area contributed by atoms with E-state index in [0.717, 1.165) is 19.3 Å². The summed E-state index contributed by atoms with van der Waals surface area (Å²) in [6.07, 6.45) is 4.05. The third kappa shape index (κ3) is 14.1. The van der Waals surface area contributed by atoms with Crippen molar-refractivity contribution >= 4 is 16.0 Å². The number of amides is 1. The maximum absolute atomic E-state index is 11.9. The highest BCUT2D eigenvalue weighted by Crippen LogP contribution is 2.04. The number of rotatable bonds is 8. The normalized spacial score (nSPS) is 13.4. The molecule has 0 spiro atoms. The van der Waals surface area contributed by atoms with Crippen LogP contribution >= 0.6 is 0 Å². The van der Waals surface area contributed by atoms with Crippen LogP contribution in [0, 0.1) is 0 Å². The van der Waals surface area contributed by atoms with Crippen molar-refractivity contribution in [3.63, 3.8) is 0 Å². The van der Waals surface area contributed by atoms with Crippen LogP contribution in [0.3, 0.4) is 0 Å². The van der Waals surface area contributed by atoms with Crippen molar-refractivity contribution in [2.24, 2.45) is 11.5 Å². The summed E-state index contributed by atoms with van der Waals surface area (Å²) in [5, 5.41) is 2.96. The molecule has 1 amide bonds. The lowest BCUT2D eigenvalue weighted by Crippen LogP contribution is -2.45. The van der Waals surface area contributed by atoms with Gasteiger partial charge in [-0.1, -0.05) is 36.8 Å². The molecule has 1 aromatic rings. The number of unbranched alkanes of at least 4 members (excludes halogenated alkanes) is 1. The van der Waals surface area contributed by atoms with Crippen molar-refractivity contribution in [3.05, 3.63) is 35.9 Å². The van der Waals surface area contributed by atoms with Crippen LogP contribution in [0.4, 0.5) is 0 Å². The third-order valence-electron chi connectivity index (χ3n) is 3.08. The van der Waals surface area contributed by atoms with Gasteiger partial charge in [-0.05, 0) is 38.3 Å². The lowest BCUT2D eigenvalue weighted by molar-refractivity contribution is -0.123. The number of carbonyl (C=O) groups is 1. The average Bonchev–Trinajstić information content (AvgIpc) is 2.46. The molecule has 1 rings (SSSR count). The monoisotopic (exact) mass is 359 g/mol. The fourth-order valence-corrected chi connectivity index (χ4v) is 2.01. The molecule has 0 saturated carbocycles. The zero-order chi connectivity index (χ0) is 18.6. The Balaban J connectivity index is 0.000000922. The molecule has 7 nitrogen and oxygen atoms in total. The molecule has 0 aliphatic heterocycles. The zero-order valence-electron chi connectivity index (χ0n) is 14.3. The molecule has 0 aromatic heterocycles. The minimum Gasteiger partial charge on any atom is -0.352 e. The van der Waals surface area contributed by atoms with E-state index >= 15 is 0 Å². The molecular weight excluding hydrogens is 330 g/mol. The first-order valence-electron chi connectivity index (χ1n) is 7.86. The topological polar surface area (TPSA) is 136 Å². The van der Waals surface area contributed by atoms with E-state index in [1.54, 1.807) is 0 Å². The fourth-order valence-electron chi connectivity index (χ4n) is 2.01. The Morgan fingerprint density at radius 2 is 1.79 bits per heavy atom. The van der Waals surface area contributed by atoms with E-state index in [2.05, 4.69) is 17.4 Å². The summed E-state index contributed by atoms with van der Waals surface area (Å²) in [5.74, 6) is -0.0690. The molecule has 0 radical (unpaired) electrons. The third-order valence-corrected chi connectivity index (χ3v) is 3.08. The van der Waals surface area contributed by atoms with E-state index in [1.807, 2.05) is 25.1 Å². The maximum Gasteiger partial charge on any atom is 0.261 e. The van der Waals surface area contributed by atoms with Gasteiger partial charge in [-0.2, -0.15) is 8.42 Å². The second-order valence-corrected chi connectivity index (χ2v) is 7.19. The number of carbonyl (C=O) groups excluding carboxylic acids is 1. The molecule has 0 aliphatic rings. The van der Waals surface area contributed by atoms with Gasteiger partial charge >= 0.3 is 0 Å². The number of hydrogen-bond acceptors (Lipinski definition) is 5. The van der Waals surface area contributed by atoms with Gasteiger partial charge in [0.1, 0.15) is 0 Å². The Bertz CT molecular complexity index is 556. The maximum atomic E-state index is 11.9. The highest BCUT2D eigenvalue weighted by molar-refractivity contribution is 7.85.